The van der Waals surface area contributed by atoms with Crippen LogP contribution in [0, 0.1) is 5.82 Å². The average molecular weight is 256 g/mol. The molecule has 0 atom stereocenters. The Bertz CT molecular complexity index is 399. The van der Waals surface area contributed by atoms with Crippen LogP contribution in [0.4, 0.5) is 4.39 Å². The Balaban J connectivity index is 2.48. The largest absolute Gasteiger partial charge is 0.483 e. The van der Waals surface area contributed by atoms with Crippen molar-refractivity contribution in [1.29, 1.82) is 0 Å². The molecule has 0 aliphatic rings. The summed E-state index contributed by atoms with van der Waals surface area (Å²) < 4.78 is 23.4. The van der Waals surface area contributed by atoms with E-state index in [0.29, 0.717) is 18.9 Å². The van der Waals surface area contributed by atoms with Crippen molar-refractivity contribution in [3.05, 3.63) is 29.6 Å². The third-order valence-corrected chi connectivity index (χ3v) is 2.27. The summed E-state index contributed by atoms with van der Waals surface area (Å²) in [7, 11) is 1.54. The lowest BCUT2D eigenvalue weighted by molar-refractivity contribution is -0.123. The van der Waals surface area contributed by atoms with Crippen molar-refractivity contribution in [2.24, 2.45) is 5.73 Å². The average Bonchev–Trinajstić information content (AvgIpc) is 2.36. The molecule has 0 unspecified atom stereocenters. The van der Waals surface area contributed by atoms with Gasteiger partial charge in [0.05, 0.1) is 6.61 Å². The Morgan fingerprint density at radius 2 is 2.28 bits per heavy atom. The molecule has 100 valence electrons. The smallest absolute Gasteiger partial charge is 0.258 e. The van der Waals surface area contributed by atoms with Gasteiger partial charge in [0.1, 0.15) is 11.6 Å². The van der Waals surface area contributed by atoms with E-state index in [4.69, 9.17) is 15.2 Å². The Labute approximate surface area is 105 Å². The lowest BCUT2D eigenvalue weighted by Crippen LogP contribution is -2.31. The molecule has 0 aromatic heterocycles. The normalized spacial score (nSPS) is 10.2. The first-order chi connectivity index (χ1) is 8.69. The van der Waals surface area contributed by atoms with Crippen LogP contribution in [0.25, 0.3) is 0 Å². The SMILES string of the molecule is COCCNC(=O)COc1cccc(F)c1CN. The van der Waals surface area contributed by atoms with Gasteiger partial charge >= 0.3 is 0 Å². The zero-order valence-electron chi connectivity index (χ0n) is 10.2. The quantitative estimate of drug-likeness (QED) is 0.694. The molecule has 0 aliphatic carbocycles. The molecule has 1 amide bonds. The third-order valence-electron chi connectivity index (χ3n) is 2.27. The summed E-state index contributed by atoms with van der Waals surface area (Å²) in [6.07, 6.45) is 0. The molecule has 0 radical (unpaired) electrons. The van der Waals surface area contributed by atoms with Crippen LogP contribution in [0.3, 0.4) is 0 Å². The number of carbonyl (C=O) groups is 1. The summed E-state index contributed by atoms with van der Waals surface area (Å²) in [4.78, 5) is 11.4. The minimum absolute atomic E-state index is 0.0211. The van der Waals surface area contributed by atoms with Gasteiger partial charge in [-0.15, -0.1) is 0 Å². The highest BCUT2D eigenvalue weighted by molar-refractivity contribution is 5.77. The molecule has 0 fully saturated rings. The number of nitrogens with two attached hydrogens (primary N) is 1. The number of hydrogen-bond acceptors (Lipinski definition) is 4. The van der Waals surface area contributed by atoms with Crippen molar-refractivity contribution in [1.82, 2.24) is 5.32 Å². The zero-order valence-corrected chi connectivity index (χ0v) is 10.2. The molecule has 6 heteroatoms. The Morgan fingerprint density at radius 1 is 1.50 bits per heavy atom. The van der Waals surface area contributed by atoms with Crippen molar-refractivity contribution in [2.75, 3.05) is 26.9 Å². The van der Waals surface area contributed by atoms with Crippen LogP contribution in [0.5, 0.6) is 5.75 Å². The van der Waals surface area contributed by atoms with E-state index >= 15 is 0 Å². The van der Waals surface area contributed by atoms with Gasteiger partial charge in [-0.1, -0.05) is 6.07 Å². The number of nitrogens with one attached hydrogen (secondary N) is 1. The molecule has 0 heterocycles. The van der Waals surface area contributed by atoms with Crippen LogP contribution in [0.1, 0.15) is 5.56 Å². The van der Waals surface area contributed by atoms with Gasteiger partial charge < -0.3 is 20.5 Å². The topological polar surface area (TPSA) is 73.6 Å². The second kappa shape index (κ2) is 7.62. The lowest BCUT2D eigenvalue weighted by Gasteiger charge is -2.11. The van der Waals surface area contributed by atoms with Crippen molar-refractivity contribution < 1.29 is 18.7 Å². The minimum Gasteiger partial charge on any atom is -0.483 e. The molecule has 18 heavy (non-hydrogen) atoms. The molecule has 0 saturated heterocycles. The van der Waals surface area contributed by atoms with E-state index in [0.717, 1.165) is 0 Å². The van der Waals surface area contributed by atoms with Gasteiger partial charge in [0.15, 0.2) is 6.61 Å². The highest BCUT2D eigenvalue weighted by Crippen LogP contribution is 2.20. The number of hydrogen-bond donors (Lipinski definition) is 2. The number of halogens is 1. The predicted octanol–water partition coefficient (Wildman–Crippen LogP) is 0.426. The number of carbonyl (C=O) groups excluding carboxylic acids is 1. The fourth-order valence-corrected chi connectivity index (χ4v) is 1.36. The standard InChI is InChI=1S/C12H17FN2O3/c1-17-6-5-15-12(16)8-18-11-4-2-3-10(13)9(11)7-14/h2-4H,5-8,14H2,1H3,(H,15,16). The van der Waals surface area contributed by atoms with Crippen LogP contribution in [-0.2, 0) is 16.1 Å². The number of ether oxygens (including phenoxy) is 2. The van der Waals surface area contributed by atoms with Gasteiger partial charge in [-0.25, -0.2) is 4.39 Å². The molecule has 0 saturated carbocycles. The van der Waals surface area contributed by atoms with Crippen molar-refractivity contribution in [2.45, 2.75) is 6.54 Å². The van der Waals surface area contributed by atoms with E-state index in [1.54, 1.807) is 13.2 Å². The van der Waals surface area contributed by atoms with Gasteiger partial charge in [-0.3, -0.25) is 4.79 Å². The van der Waals surface area contributed by atoms with Crippen molar-refractivity contribution in [3.8, 4) is 5.75 Å². The Morgan fingerprint density at radius 3 is 2.94 bits per heavy atom. The zero-order chi connectivity index (χ0) is 13.4. The number of amides is 1. The predicted molar refractivity (Wildman–Crippen MR) is 64.7 cm³/mol. The minimum atomic E-state index is -0.435. The number of methoxy groups -OCH3 is 1. The fourth-order valence-electron chi connectivity index (χ4n) is 1.36. The number of benzene rings is 1. The van der Waals surface area contributed by atoms with Gasteiger partial charge in [0.2, 0.25) is 0 Å². The molecule has 1 aromatic rings. The highest BCUT2D eigenvalue weighted by Gasteiger charge is 2.09. The van der Waals surface area contributed by atoms with E-state index in [-0.39, 0.29) is 24.6 Å². The van der Waals surface area contributed by atoms with Crippen LogP contribution < -0.4 is 15.8 Å². The summed E-state index contributed by atoms with van der Waals surface area (Å²) in [5, 5.41) is 2.59. The molecular weight excluding hydrogens is 239 g/mol. The maximum atomic E-state index is 13.3. The van der Waals surface area contributed by atoms with Gasteiger partial charge in [0, 0.05) is 25.8 Å². The van der Waals surface area contributed by atoms with E-state index in [9.17, 15) is 9.18 Å². The summed E-state index contributed by atoms with van der Waals surface area (Å²) >= 11 is 0. The maximum Gasteiger partial charge on any atom is 0.258 e. The molecule has 0 spiro atoms. The van der Waals surface area contributed by atoms with Gasteiger partial charge in [0.25, 0.3) is 5.91 Å². The van der Waals surface area contributed by atoms with E-state index in [1.807, 2.05) is 0 Å². The van der Waals surface area contributed by atoms with E-state index < -0.39 is 5.82 Å². The van der Waals surface area contributed by atoms with Crippen molar-refractivity contribution in [3.63, 3.8) is 0 Å². The second-order valence-electron chi connectivity index (χ2n) is 3.55. The molecule has 3 N–H and O–H groups in total. The number of rotatable bonds is 7. The molecule has 0 bridgehead atoms. The van der Waals surface area contributed by atoms with Crippen molar-refractivity contribution >= 4 is 5.91 Å². The van der Waals surface area contributed by atoms with Crippen LogP contribution in [0.15, 0.2) is 18.2 Å². The van der Waals surface area contributed by atoms with Crippen LogP contribution >= 0.6 is 0 Å². The maximum absolute atomic E-state index is 13.3. The molecule has 1 rings (SSSR count). The van der Waals surface area contributed by atoms with Crippen LogP contribution in [0.2, 0.25) is 0 Å². The molecule has 0 aliphatic heterocycles. The first-order valence-electron chi connectivity index (χ1n) is 5.55. The summed E-state index contributed by atoms with van der Waals surface area (Å²) in [5.74, 6) is -0.437. The molecule has 5 nitrogen and oxygen atoms in total. The summed E-state index contributed by atoms with van der Waals surface area (Å²) in [6.45, 7) is 0.679. The molecule has 1 aromatic carbocycles. The summed E-state index contributed by atoms with van der Waals surface area (Å²) in [6, 6.07) is 4.38. The molecular formula is C12H17FN2O3. The van der Waals surface area contributed by atoms with E-state index in [1.165, 1.54) is 12.1 Å². The first kappa shape index (κ1) is 14.4. The summed E-state index contributed by atoms with van der Waals surface area (Å²) in [5.41, 5.74) is 5.68. The third kappa shape index (κ3) is 4.31. The Hall–Kier alpha value is -1.66. The second-order valence-corrected chi connectivity index (χ2v) is 3.55. The lowest BCUT2D eigenvalue weighted by atomic mass is 10.2. The van der Waals surface area contributed by atoms with Crippen LogP contribution in [-0.4, -0.2) is 32.8 Å². The van der Waals surface area contributed by atoms with Gasteiger partial charge in [-0.05, 0) is 12.1 Å². The highest BCUT2D eigenvalue weighted by atomic mass is 19.1. The van der Waals surface area contributed by atoms with E-state index in [2.05, 4.69) is 5.32 Å². The fraction of sp³-hybridized carbons (Fsp3) is 0.417. The first-order valence-corrected chi connectivity index (χ1v) is 5.55. The van der Waals surface area contributed by atoms with Gasteiger partial charge in [-0.2, -0.15) is 0 Å². The monoisotopic (exact) mass is 256 g/mol. The Kier molecular flexibility index (Phi) is 6.10.